The topological polar surface area (TPSA) is 78.3 Å². The maximum absolute atomic E-state index is 10.6. The zero-order valence-electron chi connectivity index (χ0n) is 9.45. The predicted octanol–water partition coefficient (Wildman–Crippen LogP) is 1.63. The van der Waals surface area contributed by atoms with E-state index in [1.54, 1.807) is 0 Å². The Morgan fingerprint density at radius 2 is 2.27 bits per heavy atom. The minimum atomic E-state index is -0.663. The Bertz CT molecular complexity index is 207. The van der Waals surface area contributed by atoms with E-state index in [0.717, 1.165) is 25.8 Å². The molecule has 0 aromatic carbocycles. The Balaban J connectivity index is 2.37. The van der Waals surface area contributed by atoms with Gasteiger partial charge in [0.15, 0.2) is 0 Å². The van der Waals surface area contributed by atoms with Crippen LogP contribution >= 0.6 is 0 Å². The summed E-state index contributed by atoms with van der Waals surface area (Å²) in [6, 6.07) is 0. The van der Waals surface area contributed by atoms with Gasteiger partial charge >= 0.3 is 6.09 Å². The van der Waals surface area contributed by atoms with Gasteiger partial charge in [0.2, 0.25) is 0 Å². The minimum absolute atomic E-state index is 0.0527. The summed E-state index contributed by atoms with van der Waals surface area (Å²) in [6.45, 7) is 2.68. The lowest BCUT2D eigenvalue weighted by molar-refractivity contribution is 0.0546. The zero-order valence-corrected chi connectivity index (χ0v) is 9.45. The lowest BCUT2D eigenvalue weighted by Crippen LogP contribution is -2.31. The van der Waals surface area contributed by atoms with Gasteiger partial charge in [0.05, 0.1) is 0 Å². The lowest BCUT2D eigenvalue weighted by atomic mass is 9.78. The van der Waals surface area contributed by atoms with Crippen molar-refractivity contribution in [1.82, 2.24) is 0 Å². The molecule has 3 atom stereocenters. The van der Waals surface area contributed by atoms with Crippen molar-refractivity contribution in [2.45, 2.75) is 45.1 Å². The Labute approximate surface area is 91.3 Å². The van der Waals surface area contributed by atoms with Crippen molar-refractivity contribution in [2.75, 3.05) is 6.54 Å². The molecule has 0 spiro atoms. The molecule has 0 aromatic rings. The van der Waals surface area contributed by atoms with Gasteiger partial charge in [-0.2, -0.15) is 0 Å². The first-order valence-electron chi connectivity index (χ1n) is 5.79. The monoisotopic (exact) mass is 214 g/mol. The van der Waals surface area contributed by atoms with Crippen molar-refractivity contribution in [3.05, 3.63) is 0 Å². The second-order valence-electron chi connectivity index (χ2n) is 4.51. The largest absolute Gasteiger partial charge is 0.446 e. The highest BCUT2D eigenvalue weighted by Gasteiger charge is 2.27. The fraction of sp³-hybridized carbons (Fsp3) is 0.909. The molecule has 3 unspecified atom stereocenters. The molecular weight excluding hydrogens is 192 g/mol. The number of hydrogen-bond acceptors (Lipinski definition) is 3. The van der Waals surface area contributed by atoms with E-state index in [9.17, 15) is 4.79 Å². The number of primary amides is 1. The zero-order chi connectivity index (χ0) is 11.3. The molecule has 0 saturated heterocycles. The van der Waals surface area contributed by atoms with Crippen LogP contribution in [-0.2, 0) is 4.74 Å². The van der Waals surface area contributed by atoms with Crippen LogP contribution in [0.5, 0.6) is 0 Å². The van der Waals surface area contributed by atoms with Crippen molar-refractivity contribution in [1.29, 1.82) is 0 Å². The molecule has 4 nitrogen and oxygen atoms in total. The summed E-state index contributed by atoms with van der Waals surface area (Å²) in [4.78, 5) is 10.6. The molecular formula is C11H22N2O2. The van der Waals surface area contributed by atoms with Crippen LogP contribution in [-0.4, -0.2) is 18.7 Å². The average molecular weight is 214 g/mol. The summed E-state index contributed by atoms with van der Waals surface area (Å²) < 4.78 is 5.02. The van der Waals surface area contributed by atoms with E-state index in [4.69, 9.17) is 16.2 Å². The highest BCUT2D eigenvalue weighted by molar-refractivity contribution is 5.64. The molecule has 0 aromatic heterocycles. The average Bonchev–Trinajstić information content (AvgIpc) is 2.17. The number of carbonyl (C=O) groups is 1. The van der Waals surface area contributed by atoms with E-state index in [1.807, 2.05) is 6.92 Å². The highest BCUT2D eigenvalue weighted by Crippen LogP contribution is 2.33. The number of amides is 1. The highest BCUT2D eigenvalue weighted by atomic mass is 16.6. The van der Waals surface area contributed by atoms with Gasteiger partial charge in [-0.3, -0.25) is 0 Å². The molecule has 0 aliphatic heterocycles. The summed E-state index contributed by atoms with van der Waals surface area (Å²) in [5.74, 6) is 1.16. The van der Waals surface area contributed by atoms with Gasteiger partial charge in [-0.25, -0.2) is 4.79 Å². The Kier molecular flexibility index (Phi) is 4.88. The predicted molar refractivity (Wildman–Crippen MR) is 59.2 cm³/mol. The van der Waals surface area contributed by atoms with Crippen LogP contribution in [0.2, 0.25) is 0 Å². The maximum atomic E-state index is 10.6. The first-order valence-corrected chi connectivity index (χ1v) is 5.79. The van der Waals surface area contributed by atoms with Crippen LogP contribution in [0.15, 0.2) is 0 Å². The summed E-state index contributed by atoms with van der Waals surface area (Å²) in [5, 5.41) is 0. The van der Waals surface area contributed by atoms with Gasteiger partial charge in [-0.05, 0) is 44.6 Å². The van der Waals surface area contributed by atoms with Crippen LogP contribution in [0.1, 0.15) is 39.0 Å². The summed E-state index contributed by atoms with van der Waals surface area (Å²) in [7, 11) is 0. The van der Waals surface area contributed by atoms with Crippen molar-refractivity contribution in [3.63, 3.8) is 0 Å². The molecule has 4 heteroatoms. The van der Waals surface area contributed by atoms with Gasteiger partial charge in [0.1, 0.15) is 6.10 Å². The number of rotatable bonds is 4. The molecule has 1 fully saturated rings. The number of hydrogen-bond donors (Lipinski definition) is 2. The summed E-state index contributed by atoms with van der Waals surface area (Å²) >= 11 is 0. The quantitative estimate of drug-likeness (QED) is 0.746. The van der Waals surface area contributed by atoms with Crippen molar-refractivity contribution in [3.8, 4) is 0 Å². The maximum Gasteiger partial charge on any atom is 0.404 e. The van der Waals surface area contributed by atoms with Gasteiger partial charge in [-0.1, -0.05) is 12.8 Å². The fourth-order valence-corrected chi connectivity index (χ4v) is 2.54. The lowest BCUT2D eigenvalue weighted by Gasteiger charge is -2.32. The second kappa shape index (κ2) is 5.95. The molecule has 15 heavy (non-hydrogen) atoms. The molecule has 0 heterocycles. The number of carbonyl (C=O) groups excluding carboxylic acids is 1. The minimum Gasteiger partial charge on any atom is -0.446 e. The number of nitrogens with two attached hydrogens (primary N) is 2. The van der Waals surface area contributed by atoms with Crippen LogP contribution in [0, 0.1) is 11.8 Å². The van der Waals surface area contributed by atoms with E-state index in [0.29, 0.717) is 11.8 Å². The Morgan fingerprint density at radius 1 is 1.53 bits per heavy atom. The van der Waals surface area contributed by atoms with E-state index in [1.165, 1.54) is 12.8 Å². The third-order valence-corrected chi connectivity index (χ3v) is 3.36. The van der Waals surface area contributed by atoms with E-state index in [-0.39, 0.29) is 6.10 Å². The van der Waals surface area contributed by atoms with Gasteiger partial charge in [0.25, 0.3) is 0 Å². The molecule has 1 aliphatic carbocycles. The summed E-state index contributed by atoms with van der Waals surface area (Å²) in [6.07, 6.45) is 5.09. The third kappa shape index (κ3) is 4.08. The standard InChI is InChI=1S/C11H22N2O2/c1-8(15-11(13)14)10-4-2-3-9(7-10)5-6-12/h8-10H,2-7,12H2,1H3,(H2,13,14). The Morgan fingerprint density at radius 3 is 2.87 bits per heavy atom. The molecule has 0 radical (unpaired) electrons. The van der Waals surface area contributed by atoms with Crippen LogP contribution in [0.4, 0.5) is 4.79 Å². The van der Waals surface area contributed by atoms with E-state index >= 15 is 0 Å². The normalized spacial score (nSPS) is 28.4. The van der Waals surface area contributed by atoms with Crippen molar-refractivity contribution >= 4 is 6.09 Å². The molecule has 0 bridgehead atoms. The SMILES string of the molecule is CC(OC(N)=O)C1CCCC(CCN)C1. The molecule has 1 saturated carbocycles. The van der Waals surface area contributed by atoms with Crippen LogP contribution in [0.25, 0.3) is 0 Å². The number of ether oxygens (including phenoxy) is 1. The molecule has 1 amide bonds. The molecule has 1 aliphatic rings. The summed E-state index contributed by atoms with van der Waals surface area (Å²) in [5.41, 5.74) is 10.6. The van der Waals surface area contributed by atoms with Crippen LogP contribution in [0.3, 0.4) is 0 Å². The van der Waals surface area contributed by atoms with Gasteiger partial charge in [-0.15, -0.1) is 0 Å². The first kappa shape index (κ1) is 12.3. The van der Waals surface area contributed by atoms with Crippen molar-refractivity contribution < 1.29 is 9.53 Å². The van der Waals surface area contributed by atoms with E-state index < -0.39 is 6.09 Å². The van der Waals surface area contributed by atoms with Gasteiger partial charge in [0, 0.05) is 0 Å². The second-order valence-corrected chi connectivity index (χ2v) is 4.51. The van der Waals surface area contributed by atoms with E-state index in [2.05, 4.69) is 0 Å². The first-order chi connectivity index (χ1) is 7.13. The molecule has 88 valence electrons. The van der Waals surface area contributed by atoms with Crippen LogP contribution < -0.4 is 11.5 Å². The van der Waals surface area contributed by atoms with Gasteiger partial charge < -0.3 is 16.2 Å². The smallest absolute Gasteiger partial charge is 0.404 e. The van der Waals surface area contributed by atoms with Crippen molar-refractivity contribution in [2.24, 2.45) is 23.3 Å². The molecule has 1 rings (SSSR count). The third-order valence-electron chi connectivity index (χ3n) is 3.36. The molecule has 4 N–H and O–H groups in total. The fourth-order valence-electron chi connectivity index (χ4n) is 2.54. The Hall–Kier alpha value is -0.770.